The van der Waals surface area contributed by atoms with E-state index in [1.165, 1.54) is 0 Å². The Morgan fingerprint density at radius 2 is 2.31 bits per heavy atom. The average molecular weight is 204 g/mol. The minimum Gasteiger partial charge on any atom is -0.367 e. The zero-order valence-electron chi connectivity index (χ0n) is 6.61. The Kier molecular flexibility index (Phi) is 2.87. The van der Waals surface area contributed by atoms with E-state index in [2.05, 4.69) is 16.0 Å². The molecule has 0 aromatic rings. The summed E-state index contributed by atoms with van der Waals surface area (Å²) < 4.78 is 28.2. The monoisotopic (exact) mass is 204 g/mol. The fraction of sp³-hybridized carbons (Fsp3) is 0.500. The van der Waals surface area contributed by atoms with E-state index in [1.54, 1.807) is 0 Å². The summed E-state index contributed by atoms with van der Waals surface area (Å²) in [6.07, 6.45) is 0.255. The molecular formula is C6H8N2O4S. The third-order valence-electron chi connectivity index (χ3n) is 1.26. The van der Waals surface area contributed by atoms with Crippen LogP contribution >= 0.6 is 0 Å². The third kappa shape index (κ3) is 3.02. The third-order valence-corrected chi connectivity index (χ3v) is 2.26. The summed E-state index contributed by atoms with van der Waals surface area (Å²) in [4.78, 5) is 10.6. The number of nitrogens with two attached hydrogens (primary N) is 1. The summed E-state index contributed by atoms with van der Waals surface area (Å²) >= 11 is 0. The fourth-order valence-electron chi connectivity index (χ4n) is 0.714. The van der Waals surface area contributed by atoms with Crippen LogP contribution in [-0.2, 0) is 19.3 Å². The van der Waals surface area contributed by atoms with Crippen molar-refractivity contribution in [2.24, 2.45) is 5.73 Å². The zero-order chi connectivity index (χ0) is 9.90. The molecule has 72 valence electrons. The standard InChI is InChI=1S/C6H8N2O4S/c7-6(9)5-3-1-2-4-12-13(10,11)8-5/h5,8H,2,4H2,(H2,7,9)/t5-/m1/s1. The van der Waals surface area contributed by atoms with Crippen LogP contribution in [0.4, 0.5) is 0 Å². The van der Waals surface area contributed by atoms with E-state index in [0.717, 1.165) is 0 Å². The second kappa shape index (κ2) is 3.74. The first-order chi connectivity index (χ1) is 6.01. The highest BCUT2D eigenvalue weighted by Gasteiger charge is 2.21. The lowest BCUT2D eigenvalue weighted by molar-refractivity contribution is -0.118. The molecule has 7 heteroatoms. The summed E-state index contributed by atoms with van der Waals surface area (Å²) in [6.45, 7) is -0.0200. The molecule has 0 fully saturated rings. The number of hydrogen-bond acceptors (Lipinski definition) is 4. The highest BCUT2D eigenvalue weighted by Crippen LogP contribution is 1.96. The number of primary amides is 1. The van der Waals surface area contributed by atoms with Gasteiger partial charge in [-0.3, -0.25) is 8.98 Å². The molecule has 1 heterocycles. The topological polar surface area (TPSA) is 98.5 Å². The molecule has 1 atom stereocenters. The van der Waals surface area contributed by atoms with Gasteiger partial charge < -0.3 is 5.73 Å². The van der Waals surface area contributed by atoms with Crippen LogP contribution in [0.3, 0.4) is 0 Å². The maximum absolute atomic E-state index is 10.9. The summed E-state index contributed by atoms with van der Waals surface area (Å²) in [5.74, 6) is 4.09. The van der Waals surface area contributed by atoms with E-state index in [1.807, 2.05) is 4.72 Å². The van der Waals surface area contributed by atoms with Gasteiger partial charge in [0, 0.05) is 6.42 Å². The van der Waals surface area contributed by atoms with Gasteiger partial charge in [-0.2, -0.15) is 13.1 Å². The molecule has 3 N–H and O–H groups in total. The fourth-order valence-corrected chi connectivity index (χ4v) is 1.55. The smallest absolute Gasteiger partial charge is 0.337 e. The van der Waals surface area contributed by atoms with Crippen molar-refractivity contribution < 1.29 is 17.4 Å². The summed E-state index contributed by atoms with van der Waals surface area (Å²) in [5.41, 5.74) is 4.88. The van der Waals surface area contributed by atoms with Gasteiger partial charge >= 0.3 is 10.3 Å². The van der Waals surface area contributed by atoms with Crippen molar-refractivity contribution in [2.45, 2.75) is 12.5 Å². The first-order valence-corrected chi connectivity index (χ1v) is 4.86. The van der Waals surface area contributed by atoms with Crippen molar-refractivity contribution in [1.29, 1.82) is 0 Å². The van der Waals surface area contributed by atoms with Crippen LogP contribution in [0.2, 0.25) is 0 Å². The van der Waals surface area contributed by atoms with Crippen LogP contribution in [0.1, 0.15) is 6.42 Å². The summed E-state index contributed by atoms with van der Waals surface area (Å²) in [5, 5.41) is 0. The maximum Gasteiger partial charge on any atom is 0.337 e. The van der Waals surface area contributed by atoms with Gasteiger partial charge in [-0.1, -0.05) is 11.8 Å². The minimum absolute atomic E-state index is 0.0200. The molecular weight excluding hydrogens is 196 g/mol. The lowest BCUT2D eigenvalue weighted by Crippen LogP contribution is -2.44. The summed E-state index contributed by atoms with van der Waals surface area (Å²) in [7, 11) is -3.89. The number of carbonyl (C=O) groups is 1. The van der Waals surface area contributed by atoms with E-state index in [4.69, 9.17) is 5.73 Å². The lowest BCUT2D eigenvalue weighted by Gasteiger charge is -2.11. The first-order valence-electron chi connectivity index (χ1n) is 3.46. The highest BCUT2D eigenvalue weighted by atomic mass is 32.2. The van der Waals surface area contributed by atoms with Crippen molar-refractivity contribution in [2.75, 3.05) is 6.61 Å². The minimum atomic E-state index is -3.89. The maximum atomic E-state index is 10.9. The van der Waals surface area contributed by atoms with Crippen molar-refractivity contribution in [3.63, 3.8) is 0 Å². The Hall–Kier alpha value is -1.10. The Bertz CT molecular complexity index is 364. The van der Waals surface area contributed by atoms with Gasteiger partial charge in [0.15, 0.2) is 6.04 Å². The summed E-state index contributed by atoms with van der Waals surface area (Å²) in [6, 6.07) is -1.20. The Labute approximate surface area is 75.7 Å². The predicted octanol–water partition coefficient (Wildman–Crippen LogP) is -1.90. The second-order valence-corrected chi connectivity index (χ2v) is 3.68. The van der Waals surface area contributed by atoms with Gasteiger partial charge in [-0.25, -0.2) is 0 Å². The van der Waals surface area contributed by atoms with E-state index in [9.17, 15) is 13.2 Å². The molecule has 6 nitrogen and oxygen atoms in total. The normalized spacial score (nSPS) is 26.3. The Morgan fingerprint density at radius 3 is 2.92 bits per heavy atom. The number of carbonyl (C=O) groups excluding carboxylic acids is 1. The van der Waals surface area contributed by atoms with Crippen molar-refractivity contribution in [3.8, 4) is 11.8 Å². The molecule has 0 aromatic heterocycles. The van der Waals surface area contributed by atoms with Gasteiger partial charge in [0.1, 0.15) is 0 Å². The molecule has 0 spiro atoms. The molecule has 1 rings (SSSR count). The van der Waals surface area contributed by atoms with Crippen LogP contribution in [0.15, 0.2) is 0 Å². The van der Waals surface area contributed by atoms with Crippen molar-refractivity contribution >= 4 is 16.2 Å². The number of rotatable bonds is 1. The number of amides is 1. The lowest BCUT2D eigenvalue weighted by atomic mass is 10.3. The second-order valence-electron chi connectivity index (χ2n) is 2.30. The largest absolute Gasteiger partial charge is 0.367 e. The molecule has 0 unspecified atom stereocenters. The molecule has 0 radical (unpaired) electrons. The number of hydrogen-bond donors (Lipinski definition) is 2. The molecule has 0 saturated heterocycles. The first kappa shape index (κ1) is 9.98. The predicted molar refractivity (Wildman–Crippen MR) is 43.4 cm³/mol. The van der Waals surface area contributed by atoms with E-state index < -0.39 is 22.3 Å². The molecule has 1 amide bonds. The van der Waals surface area contributed by atoms with Crippen LogP contribution in [-0.4, -0.2) is 27.0 Å². The van der Waals surface area contributed by atoms with Crippen LogP contribution in [0, 0.1) is 11.8 Å². The molecule has 1 aliphatic heterocycles. The molecule has 0 bridgehead atoms. The van der Waals surface area contributed by atoms with Gasteiger partial charge in [-0.05, 0) is 0 Å². The van der Waals surface area contributed by atoms with E-state index >= 15 is 0 Å². The SMILES string of the molecule is NC(=O)[C@H]1C#CCCOS(=O)(=O)N1. The van der Waals surface area contributed by atoms with Crippen molar-refractivity contribution in [1.82, 2.24) is 4.72 Å². The van der Waals surface area contributed by atoms with Crippen LogP contribution in [0.25, 0.3) is 0 Å². The highest BCUT2D eigenvalue weighted by molar-refractivity contribution is 7.84. The Balaban J connectivity index is 2.89. The van der Waals surface area contributed by atoms with E-state index in [0.29, 0.717) is 0 Å². The van der Waals surface area contributed by atoms with Gasteiger partial charge in [-0.15, -0.1) is 0 Å². The van der Waals surface area contributed by atoms with E-state index in [-0.39, 0.29) is 13.0 Å². The quantitative estimate of drug-likeness (QED) is 0.487. The molecule has 1 aliphatic rings. The van der Waals surface area contributed by atoms with Gasteiger partial charge in [0.25, 0.3) is 0 Å². The zero-order valence-corrected chi connectivity index (χ0v) is 7.43. The van der Waals surface area contributed by atoms with Crippen LogP contribution < -0.4 is 10.5 Å². The molecule has 0 aromatic carbocycles. The molecule has 13 heavy (non-hydrogen) atoms. The molecule has 0 saturated carbocycles. The molecule has 0 aliphatic carbocycles. The van der Waals surface area contributed by atoms with Crippen LogP contribution in [0.5, 0.6) is 0 Å². The number of nitrogens with one attached hydrogen (secondary N) is 1. The Morgan fingerprint density at radius 1 is 1.62 bits per heavy atom. The van der Waals surface area contributed by atoms with Gasteiger partial charge in [0.2, 0.25) is 5.91 Å². The van der Waals surface area contributed by atoms with Crippen molar-refractivity contribution in [3.05, 3.63) is 0 Å². The average Bonchev–Trinajstić information content (AvgIpc) is 1.97. The van der Waals surface area contributed by atoms with Gasteiger partial charge in [0.05, 0.1) is 6.61 Å².